The molecule has 0 aliphatic heterocycles. The number of benzene rings is 1. The summed E-state index contributed by atoms with van der Waals surface area (Å²) in [7, 11) is 3.85. The molecule has 1 aromatic rings. The van der Waals surface area contributed by atoms with E-state index >= 15 is 0 Å². The van der Waals surface area contributed by atoms with E-state index in [2.05, 4.69) is 46.8 Å². The van der Waals surface area contributed by atoms with Crippen LogP contribution in [-0.4, -0.2) is 24.2 Å². The number of nitrogens with zero attached hydrogens (tertiary/aromatic N) is 1. The van der Waals surface area contributed by atoms with Crippen LogP contribution >= 0.6 is 12.2 Å². The van der Waals surface area contributed by atoms with Crippen molar-refractivity contribution in [1.82, 2.24) is 4.90 Å². The molecule has 0 radical (unpaired) electrons. The molecule has 0 fully saturated rings. The van der Waals surface area contributed by atoms with Crippen molar-refractivity contribution in [3.8, 4) is 5.75 Å². The third kappa shape index (κ3) is 3.71. The third-order valence-electron chi connectivity index (χ3n) is 5.12. The van der Waals surface area contributed by atoms with E-state index in [1.165, 1.54) is 29.5 Å². The number of fused-ring (bicyclic) bond motifs is 1. The molecular formula is C20H31NOS. The summed E-state index contributed by atoms with van der Waals surface area (Å²) in [5.74, 6) is 0.940. The summed E-state index contributed by atoms with van der Waals surface area (Å²) >= 11 is 5.36. The summed E-state index contributed by atoms with van der Waals surface area (Å²) in [6, 6.07) is 4.64. The minimum absolute atomic E-state index is 0.188. The molecule has 23 heavy (non-hydrogen) atoms. The highest BCUT2D eigenvalue weighted by molar-refractivity contribution is 7.80. The molecule has 2 rings (SSSR count). The Kier molecular flexibility index (Phi) is 5.10. The van der Waals surface area contributed by atoms with Gasteiger partial charge in [0.25, 0.3) is 5.17 Å². The van der Waals surface area contributed by atoms with Crippen LogP contribution in [0.5, 0.6) is 5.75 Å². The normalized spacial score (nSPS) is 18.2. The number of hydrogen-bond donors (Lipinski definition) is 0. The van der Waals surface area contributed by atoms with Crippen molar-refractivity contribution in [3.05, 3.63) is 28.8 Å². The predicted molar refractivity (Wildman–Crippen MR) is 103 cm³/mol. The Hall–Kier alpha value is -1.09. The number of hydrogen-bond acceptors (Lipinski definition) is 2. The van der Waals surface area contributed by atoms with E-state index in [4.69, 9.17) is 17.0 Å². The highest BCUT2D eigenvalue weighted by Gasteiger charge is 2.37. The Balaban J connectivity index is 2.57. The molecular weight excluding hydrogens is 302 g/mol. The summed E-state index contributed by atoms with van der Waals surface area (Å²) in [6.07, 6.45) is 4.56. The third-order valence-corrected chi connectivity index (χ3v) is 5.56. The Morgan fingerprint density at radius 2 is 1.61 bits per heavy atom. The number of rotatable bonds is 3. The van der Waals surface area contributed by atoms with Gasteiger partial charge in [0.15, 0.2) is 0 Å². The molecule has 1 aliphatic rings. The van der Waals surface area contributed by atoms with E-state index in [0.717, 1.165) is 18.6 Å². The number of thiocarbonyl (C=S) groups is 1. The van der Waals surface area contributed by atoms with E-state index in [1.807, 2.05) is 19.0 Å². The molecule has 0 aromatic heterocycles. The zero-order valence-electron chi connectivity index (χ0n) is 15.7. The van der Waals surface area contributed by atoms with Gasteiger partial charge in [0.05, 0.1) is 0 Å². The molecule has 0 amide bonds. The summed E-state index contributed by atoms with van der Waals surface area (Å²) in [6.45, 7) is 11.6. The quantitative estimate of drug-likeness (QED) is 0.704. The van der Waals surface area contributed by atoms with Crippen LogP contribution in [0.1, 0.15) is 70.6 Å². The van der Waals surface area contributed by atoms with Crippen LogP contribution in [0.15, 0.2) is 12.1 Å². The van der Waals surface area contributed by atoms with Crippen LogP contribution < -0.4 is 4.74 Å². The van der Waals surface area contributed by atoms with Gasteiger partial charge >= 0.3 is 0 Å². The van der Waals surface area contributed by atoms with E-state index in [9.17, 15) is 0 Å². The topological polar surface area (TPSA) is 12.5 Å². The fourth-order valence-electron chi connectivity index (χ4n) is 3.38. The molecule has 0 unspecified atom stereocenters. The smallest absolute Gasteiger partial charge is 0.264 e. The van der Waals surface area contributed by atoms with Crippen molar-refractivity contribution in [2.24, 2.45) is 0 Å². The second kappa shape index (κ2) is 6.43. The maximum atomic E-state index is 6.04. The Bertz CT molecular complexity index is 602. The summed E-state index contributed by atoms with van der Waals surface area (Å²) in [5.41, 5.74) is 4.60. The maximum Gasteiger partial charge on any atom is 0.264 e. The first-order valence-corrected chi connectivity index (χ1v) is 9.06. The van der Waals surface area contributed by atoms with Crippen LogP contribution in [0.2, 0.25) is 0 Å². The Morgan fingerprint density at radius 3 is 2.09 bits per heavy atom. The van der Waals surface area contributed by atoms with E-state index in [-0.39, 0.29) is 10.8 Å². The fraction of sp³-hybridized carbons (Fsp3) is 0.650. The first-order valence-electron chi connectivity index (χ1n) is 8.65. The fourth-order valence-corrected chi connectivity index (χ4v) is 3.47. The van der Waals surface area contributed by atoms with Crippen LogP contribution in [0.25, 0.3) is 0 Å². The van der Waals surface area contributed by atoms with Gasteiger partial charge in [0, 0.05) is 14.1 Å². The van der Waals surface area contributed by atoms with Crippen molar-refractivity contribution >= 4 is 17.4 Å². The Morgan fingerprint density at radius 1 is 1.09 bits per heavy atom. The lowest BCUT2D eigenvalue weighted by molar-refractivity contribution is 0.329. The van der Waals surface area contributed by atoms with E-state index < -0.39 is 0 Å². The minimum atomic E-state index is 0.188. The van der Waals surface area contributed by atoms with Crippen LogP contribution in [0, 0.1) is 0 Å². The van der Waals surface area contributed by atoms with Gasteiger partial charge in [-0.05, 0) is 65.1 Å². The average molecular weight is 334 g/mol. The molecule has 0 saturated carbocycles. The van der Waals surface area contributed by atoms with Crippen molar-refractivity contribution in [2.75, 3.05) is 14.1 Å². The monoisotopic (exact) mass is 333 g/mol. The molecule has 0 atom stereocenters. The second-order valence-electron chi connectivity index (χ2n) is 8.29. The largest absolute Gasteiger partial charge is 0.431 e. The van der Waals surface area contributed by atoms with Gasteiger partial charge in [0.1, 0.15) is 5.75 Å². The summed E-state index contributed by atoms with van der Waals surface area (Å²) in [5, 5.41) is 0.523. The molecule has 0 heterocycles. The van der Waals surface area contributed by atoms with Crippen molar-refractivity contribution in [1.29, 1.82) is 0 Å². The van der Waals surface area contributed by atoms with Gasteiger partial charge in [-0.25, -0.2) is 0 Å². The zero-order chi connectivity index (χ0) is 17.4. The first-order chi connectivity index (χ1) is 10.6. The lowest BCUT2D eigenvalue weighted by Gasteiger charge is -2.42. The molecule has 0 saturated heterocycles. The molecule has 128 valence electrons. The molecule has 0 bridgehead atoms. The summed E-state index contributed by atoms with van der Waals surface area (Å²) in [4.78, 5) is 1.85. The highest BCUT2D eigenvalue weighted by Crippen LogP contribution is 2.47. The lowest BCUT2D eigenvalue weighted by atomic mass is 9.63. The molecule has 0 N–H and O–H groups in total. The van der Waals surface area contributed by atoms with Crippen molar-refractivity contribution in [3.63, 3.8) is 0 Å². The van der Waals surface area contributed by atoms with Crippen LogP contribution in [-0.2, 0) is 17.3 Å². The van der Waals surface area contributed by atoms with Crippen molar-refractivity contribution < 1.29 is 4.74 Å². The first kappa shape index (κ1) is 18.3. The van der Waals surface area contributed by atoms with Crippen LogP contribution in [0.3, 0.4) is 0 Å². The maximum absolute atomic E-state index is 6.04. The van der Waals surface area contributed by atoms with Gasteiger partial charge in [-0.1, -0.05) is 47.1 Å². The predicted octanol–water partition coefficient (Wildman–Crippen LogP) is 5.21. The van der Waals surface area contributed by atoms with Gasteiger partial charge < -0.3 is 9.64 Å². The van der Waals surface area contributed by atoms with Gasteiger partial charge in [-0.2, -0.15) is 0 Å². The van der Waals surface area contributed by atoms with E-state index in [0.29, 0.717) is 5.17 Å². The highest BCUT2D eigenvalue weighted by atomic mass is 32.1. The van der Waals surface area contributed by atoms with Crippen molar-refractivity contribution in [2.45, 2.75) is 71.1 Å². The molecule has 1 aromatic carbocycles. The number of ether oxygens (including phenoxy) is 1. The molecule has 2 nitrogen and oxygen atoms in total. The number of aryl methyl sites for hydroxylation is 1. The van der Waals surface area contributed by atoms with Gasteiger partial charge in [-0.3, -0.25) is 0 Å². The molecule has 3 heteroatoms. The molecule has 0 spiro atoms. The lowest BCUT2D eigenvalue weighted by Crippen LogP contribution is -2.34. The Labute approximate surface area is 147 Å². The van der Waals surface area contributed by atoms with Crippen LogP contribution in [0.4, 0.5) is 0 Å². The standard InChI is InChI=1S/C20H31NOS/c1-8-9-14-12-15-16(13-17(14)22-18(23)21(6)7)20(4,5)11-10-19(15,2)3/h12-13H,8-11H2,1-7H3. The molecule has 1 aliphatic carbocycles. The second-order valence-corrected chi connectivity index (χ2v) is 8.63. The zero-order valence-corrected chi connectivity index (χ0v) is 16.6. The van der Waals surface area contributed by atoms with Gasteiger partial charge in [0.2, 0.25) is 0 Å². The van der Waals surface area contributed by atoms with Gasteiger partial charge in [-0.15, -0.1) is 0 Å². The SMILES string of the molecule is CCCc1cc2c(cc1OC(=S)N(C)C)C(C)(C)CCC2(C)C. The van der Waals surface area contributed by atoms with E-state index in [1.54, 1.807) is 0 Å². The summed E-state index contributed by atoms with van der Waals surface area (Å²) < 4.78 is 6.04. The minimum Gasteiger partial charge on any atom is -0.431 e. The average Bonchev–Trinajstić information content (AvgIpc) is 2.45.